The van der Waals surface area contributed by atoms with Gasteiger partial charge in [0.05, 0.1) is 21.8 Å². The van der Waals surface area contributed by atoms with Crippen LogP contribution in [0.15, 0.2) is 54.6 Å². The van der Waals surface area contributed by atoms with Gasteiger partial charge in [-0.1, -0.05) is 48.0 Å². The average Bonchev–Trinajstić information content (AvgIpc) is 3.51. The maximum atomic E-state index is 11.5. The van der Waals surface area contributed by atoms with Crippen molar-refractivity contribution in [3.8, 4) is 23.0 Å². The molecule has 0 unspecified atom stereocenters. The average molecular weight is 504 g/mol. The molecule has 2 aromatic carbocycles. The molecule has 0 atom stereocenters. The van der Waals surface area contributed by atoms with Crippen molar-refractivity contribution >= 4 is 28.7 Å². The van der Waals surface area contributed by atoms with Gasteiger partial charge in [-0.3, -0.25) is 4.79 Å². The van der Waals surface area contributed by atoms with Crippen molar-refractivity contribution in [1.82, 2.24) is 25.6 Å². The van der Waals surface area contributed by atoms with Crippen LogP contribution in [0.3, 0.4) is 0 Å². The van der Waals surface area contributed by atoms with E-state index in [1.165, 1.54) is 25.3 Å². The predicted octanol–water partition coefficient (Wildman–Crippen LogP) is 5.69. The van der Waals surface area contributed by atoms with Crippen LogP contribution in [0.1, 0.15) is 44.7 Å². The molecule has 0 radical (unpaired) electrons. The Bertz CT molecular complexity index is 1410. The molecule has 1 aliphatic carbocycles. The maximum Gasteiger partial charge on any atom is 0.301 e. The van der Waals surface area contributed by atoms with Gasteiger partial charge < -0.3 is 20.4 Å². The number of likely N-dealkylation sites (N-methyl/N-ethyl adjacent to an activating group) is 1. The zero-order chi connectivity index (χ0) is 25.5. The number of aromatic nitrogens is 3. The minimum atomic E-state index is -0.481. The number of imidazole rings is 1. The van der Waals surface area contributed by atoms with Crippen LogP contribution in [0, 0.1) is 0 Å². The lowest BCUT2D eigenvalue weighted by Gasteiger charge is -2.26. The second-order valence-electron chi connectivity index (χ2n) is 10.1. The van der Waals surface area contributed by atoms with E-state index in [1.54, 1.807) is 0 Å². The quantitative estimate of drug-likeness (QED) is 0.287. The number of amides is 1. The lowest BCUT2D eigenvalue weighted by Crippen LogP contribution is -2.39. The maximum absolute atomic E-state index is 11.5. The van der Waals surface area contributed by atoms with Crippen LogP contribution >= 0.6 is 11.6 Å². The van der Waals surface area contributed by atoms with E-state index in [-0.39, 0.29) is 11.3 Å². The first-order valence-electron chi connectivity index (χ1n) is 12.1. The number of carbonyl (C=O) groups excluding carboxylic acids is 1. The molecule has 2 heterocycles. The SMILES string of the molecule is CNCC1(c2ccc(-c3nc4nc(Oc5ccc(C(C)(C)NC(C)=O)cc5)[nH]c4cc3Cl)cc2)CC1. The zero-order valence-electron chi connectivity index (χ0n) is 20.9. The molecule has 1 aliphatic rings. The van der Waals surface area contributed by atoms with Gasteiger partial charge in [-0.25, -0.2) is 4.98 Å². The van der Waals surface area contributed by atoms with Crippen molar-refractivity contribution in [1.29, 1.82) is 0 Å². The van der Waals surface area contributed by atoms with Crippen molar-refractivity contribution in [3.05, 3.63) is 70.7 Å². The molecule has 0 saturated heterocycles. The molecule has 1 saturated carbocycles. The van der Waals surface area contributed by atoms with Gasteiger partial charge in [0, 0.05) is 24.4 Å². The number of carbonyl (C=O) groups is 1. The van der Waals surface area contributed by atoms with Crippen molar-refractivity contribution in [2.45, 2.75) is 44.6 Å². The van der Waals surface area contributed by atoms with Gasteiger partial charge >= 0.3 is 6.01 Å². The summed E-state index contributed by atoms with van der Waals surface area (Å²) in [5.74, 6) is 0.540. The minimum absolute atomic E-state index is 0.0790. The molecule has 1 amide bonds. The number of pyridine rings is 1. The van der Waals surface area contributed by atoms with Gasteiger partial charge in [0.25, 0.3) is 0 Å². The summed E-state index contributed by atoms with van der Waals surface area (Å²) < 4.78 is 5.94. The highest BCUT2D eigenvalue weighted by Gasteiger charge is 2.43. The molecule has 1 fully saturated rings. The lowest BCUT2D eigenvalue weighted by molar-refractivity contribution is -0.120. The Kier molecular flexibility index (Phi) is 6.22. The normalized spacial score (nSPS) is 14.6. The lowest BCUT2D eigenvalue weighted by atomic mass is 9.94. The van der Waals surface area contributed by atoms with E-state index in [4.69, 9.17) is 21.3 Å². The Morgan fingerprint density at radius 3 is 2.42 bits per heavy atom. The van der Waals surface area contributed by atoms with Gasteiger partial charge in [-0.2, -0.15) is 4.98 Å². The van der Waals surface area contributed by atoms with E-state index in [1.807, 2.05) is 51.2 Å². The number of benzene rings is 2. The van der Waals surface area contributed by atoms with Crippen molar-refractivity contribution in [2.24, 2.45) is 0 Å². The van der Waals surface area contributed by atoms with Crippen LogP contribution in [0.4, 0.5) is 0 Å². The van der Waals surface area contributed by atoms with Gasteiger partial charge in [0.1, 0.15) is 5.75 Å². The fraction of sp³-hybridized carbons (Fsp3) is 0.321. The third-order valence-corrected chi connectivity index (χ3v) is 7.11. The fourth-order valence-electron chi connectivity index (χ4n) is 4.75. The van der Waals surface area contributed by atoms with Gasteiger partial charge in [0.15, 0.2) is 5.65 Å². The first kappa shape index (κ1) is 24.3. The van der Waals surface area contributed by atoms with Gasteiger partial charge in [-0.15, -0.1) is 0 Å². The highest BCUT2D eigenvalue weighted by atomic mass is 35.5. The number of aromatic amines is 1. The summed E-state index contributed by atoms with van der Waals surface area (Å²) in [4.78, 5) is 23.9. The number of fused-ring (bicyclic) bond motifs is 1. The summed E-state index contributed by atoms with van der Waals surface area (Å²) in [5.41, 5.74) is 4.98. The number of nitrogens with one attached hydrogen (secondary N) is 3. The van der Waals surface area contributed by atoms with E-state index in [2.05, 4.69) is 44.9 Å². The smallest absolute Gasteiger partial charge is 0.301 e. The third kappa shape index (κ3) is 4.81. The largest absolute Gasteiger partial charge is 0.426 e. The number of ether oxygens (including phenoxy) is 1. The first-order valence-corrected chi connectivity index (χ1v) is 12.5. The highest BCUT2D eigenvalue weighted by Crippen LogP contribution is 2.48. The molecule has 8 heteroatoms. The molecule has 186 valence electrons. The Morgan fingerprint density at radius 1 is 1.11 bits per heavy atom. The Morgan fingerprint density at radius 2 is 1.81 bits per heavy atom. The van der Waals surface area contributed by atoms with E-state index in [0.29, 0.717) is 33.6 Å². The van der Waals surface area contributed by atoms with Crippen LogP contribution in [0.5, 0.6) is 11.8 Å². The van der Waals surface area contributed by atoms with Gasteiger partial charge in [-0.05, 0) is 63.1 Å². The molecule has 3 N–H and O–H groups in total. The number of halogens is 1. The molecular formula is C28H30ClN5O2. The zero-order valence-corrected chi connectivity index (χ0v) is 21.7. The summed E-state index contributed by atoms with van der Waals surface area (Å²) >= 11 is 6.60. The minimum Gasteiger partial charge on any atom is -0.426 e. The summed E-state index contributed by atoms with van der Waals surface area (Å²) in [6.45, 7) is 6.41. The molecule has 5 rings (SSSR count). The number of H-pyrrole nitrogens is 1. The molecule has 36 heavy (non-hydrogen) atoms. The van der Waals surface area contributed by atoms with Gasteiger partial charge in [0.2, 0.25) is 5.91 Å². The van der Waals surface area contributed by atoms with Crippen LogP contribution in [-0.2, 0) is 15.7 Å². The molecule has 0 spiro atoms. The van der Waals surface area contributed by atoms with Crippen LogP contribution < -0.4 is 15.4 Å². The van der Waals surface area contributed by atoms with E-state index in [0.717, 1.165) is 17.7 Å². The first-order chi connectivity index (χ1) is 17.2. The number of hydrogen-bond acceptors (Lipinski definition) is 5. The Balaban J connectivity index is 1.35. The van der Waals surface area contributed by atoms with Crippen molar-refractivity contribution < 1.29 is 9.53 Å². The standard InChI is InChI=1S/C28H30ClN5O2/c1-17(35)34-27(2,3)19-9-11-21(12-10-19)36-26-31-23-15-22(29)24(32-25(23)33-26)18-5-7-20(8-6-18)28(13-14-28)16-30-4/h5-12,15,30H,13-14,16H2,1-4H3,(H,34,35)(H,31,32,33). The monoisotopic (exact) mass is 503 g/mol. The topological polar surface area (TPSA) is 91.9 Å². The van der Waals surface area contributed by atoms with E-state index < -0.39 is 5.54 Å². The highest BCUT2D eigenvalue weighted by molar-refractivity contribution is 6.33. The molecule has 2 aromatic heterocycles. The van der Waals surface area contributed by atoms with E-state index in [9.17, 15) is 4.79 Å². The summed E-state index contributed by atoms with van der Waals surface area (Å²) in [6.07, 6.45) is 2.42. The van der Waals surface area contributed by atoms with Crippen LogP contribution in [0.25, 0.3) is 22.4 Å². The van der Waals surface area contributed by atoms with Crippen LogP contribution in [0.2, 0.25) is 5.02 Å². The second kappa shape index (κ2) is 9.22. The second-order valence-corrected chi connectivity index (χ2v) is 10.5. The number of nitrogens with zero attached hydrogens (tertiary/aromatic N) is 2. The number of hydrogen-bond donors (Lipinski definition) is 3. The Labute approximate surface area is 215 Å². The molecular weight excluding hydrogens is 474 g/mol. The molecule has 0 bridgehead atoms. The fourth-order valence-corrected chi connectivity index (χ4v) is 5.01. The summed E-state index contributed by atoms with van der Waals surface area (Å²) in [5, 5.41) is 6.80. The molecule has 4 aromatic rings. The summed E-state index contributed by atoms with van der Waals surface area (Å²) in [6, 6.07) is 18.2. The summed E-state index contributed by atoms with van der Waals surface area (Å²) in [7, 11) is 2.00. The van der Waals surface area contributed by atoms with Crippen molar-refractivity contribution in [3.63, 3.8) is 0 Å². The number of rotatable bonds is 8. The third-order valence-electron chi connectivity index (χ3n) is 6.82. The van der Waals surface area contributed by atoms with Crippen molar-refractivity contribution in [2.75, 3.05) is 13.6 Å². The molecule has 7 nitrogen and oxygen atoms in total. The van der Waals surface area contributed by atoms with E-state index >= 15 is 0 Å². The predicted molar refractivity (Wildman–Crippen MR) is 143 cm³/mol. The Hall–Kier alpha value is -3.42. The molecule has 0 aliphatic heterocycles. The van der Waals surface area contributed by atoms with Crippen LogP contribution in [-0.4, -0.2) is 34.5 Å².